The number of benzene rings is 1. The Kier molecular flexibility index (Phi) is 5.07. The van der Waals surface area contributed by atoms with Gasteiger partial charge in [0.1, 0.15) is 0 Å². The summed E-state index contributed by atoms with van der Waals surface area (Å²) in [7, 11) is 3.05. The molecule has 19 heavy (non-hydrogen) atoms. The first-order chi connectivity index (χ1) is 8.73. The minimum Gasteiger partial charge on any atom is -0.493 e. The molecular formula is C14H22ClNO3. The first-order valence-corrected chi connectivity index (χ1v) is 6.45. The average Bonchev–Trinajstić information content (AvgIpc) is 2.35. The SMILES string of the molecule is COc1ccc([C@@H](N)[C@@H](O)C(C)(C)C)c(Cl)c1OC. The smallest absolute Gasteiger partial charge is 0.179 e. The molecule has 0 aliphatic heterocycles. The highest BCUT2D eigenvalue weighted by molar-refractivity contribution is 6.33. The number of aliphatic hydroxyl groups excluding tert-OH is 1. The van der Waals surface area contributed by atoms with Crippen molar-refractivity contribution in [2.45, 2.75) is 32.9 Å². The van der Waals surface area contributed by atoms with E-state index in [1.807, 2.05) is 20.8 Å². The molecule has 108 valence electrons. The molecule has 0 heterocycles. The van der Waals surface area contributed by atoms with E-state index in [2.05, 4.69) is 0 Å². The first kappa shape index (κ1) is 16.1. The van der Waals surface area contributed by atoms with Gasteiger partial charge in [0.25, 0.3) is 0 Å². The Hall–Kier alpha value is -0.970. The van der Waals surface area contributed by atoms with Gasteiger partial charge in [-0.3, -0.25) is 0 Å². The molecule has 0 aromatic heterocycles. The lowest BCUT2D eigenvalue weighted by Gasteiger charge is -2.31. The molecule has 5 heteroatoms. The highest BCUT2D eigenvalue weighted by atomic mass is 35.5. The zero-order valence-electron chi connectivity index (χ0n) is 12.0. The summed E-state index contributed by atoms with van der Waals surface area (Å²) in [6, 6.07) is 2.89. The third-order valence-electron chi connectivity index (χ3n) is 3.10. The second-order valence-corrected chi connectivity index (χ2v) is 5.92. The zero-order chi connectivity index (χ0) is 14.8. The van der Waals surface area contributed by atoms with E-state index in [9.17, 15) is 5.11 Å². The second kappa shape index (κ2) is 5.99. The standard InChI is InChI=1S/C14H22ClNO3/c1-14(2,3)13(17)11(16)8-6-7-9(18-4)12(19-5)10(8)15/h6-7,11,13,17H,16H2,1-5H3/t11-,13-/m1/s1. The lowest BCUT2D eigenvalue weighted by Crippen LogP contribution is -2.37. The van der Waals surface area contributed by atoms with Gasteiger partial charge in [-0.05, 0) is 17.0 Å². The summed E-state index contributed by atoms with van der Waals surface area (Å²) in [5, 5.41) is 10.6. The number of ether oxygens (including phenoxy) is 2. The van der Waals surface area contributed by atoms with Crippen molar-refractivity contribution in [3.05, 3.63) is 22.7 Å². The van der Waals surface area contributed by atoms with Crippen LogP contribution in [0.25, 0.3) is 0 Å². The van der Waals surface area contributed by atoms with Crippen LogP contribution in [-0.2, 0) is 0 Å². The number of hydrogen-bond donors (Lipinski definition) is 2. The Labute approximate surface area is 119 Å². The van der Waals surface area contributed by atoms with Crippen LogP contribution in [-0.4, -0.2) is 25.4 Å². The third-order valence-corrected chi connectivity index (χ3v) is 3.49. The van der Waals surface area contributed by atoms with Gasteiger partial charge in [0.15, 0.2) is 11.5 Å². The molecule has 0 aliphatic rings. The molecule has 3 N–H and O–H groups in total. The number of methoxy groups -OCH3 is 2. The molecule has 2 atom stereocenters. The maximum Gasteiger partial charge on any atom is 0.179 e. The van der Waals surface area contributed by atoms with Gasteiger partial charge in [-0.2, -0.15) is 0 Å². The zero-order valence-corrected chi connectivity index (χ0v) is 12.8. The Morgan fingerprint density at radius 2 is 1.79 bits per heavy atom. The van der Waals surface area contributed by atoms with Crippen LogP contribution in [0, 0.1) is 5.41 Å². The Morgan fingerprint density at radius 3 is 2.21 bits per heavy atom. The summed E-state index contributed by atoms with van der Waals surface area (Å²) < 4.78 is 10.4. The van der Waals surface area contributed by atoms with Crippen LogP contribution in [0.3, 0.4) is 0 Å². The maximum atomic E-state index is 10.3. The van der Waals surface area contributed by atoms with Gasteiger partial charge in [-0.15, -0.1) is 0 Å². The van der Waals surface area contributed by atoms with Crippen LogP contribution in [0.1, 0.15) is 32.4 Å². The molecule has 0 bridgehead atoms. The van der Waals surface area contributed by atoms with Gasteiger partial charge >= 0.3 is 0 Å². The van der Waals surface area contributed by atoms with E-state index in [0.29, 0.717) is 22.1 Å². The molecule has 0 saturated carbocycles. The van der Waals surface area contributed by atoms with Gasteiger partial charge < -0.3 is 20.3 Å². The van der Waals surface area contributed by atoms with Crippen LogP contribution in [0.4, 0.5) is 0 Å². The number of nitrogens with two attached hydrogens (primary N) is 1. The van der Waals surface area contributed by atoms with Crippen molar-refractivity contribution in [3.8, 4) is 11.5 Å². The highest BCUT2D eigenvalue weighted by Gasteiger charge is 2.31. The monoisotopic (exact) mass is 287 g/mol. The molecule has 1 aromatic rings. The van der Waals surface area contributed by atoms with Gasteiger partial charge in [-0.25, -0.2) is 0 Å². The van der Waals surface area contributed by atoms with E-state index in [4.69, 9.17) is 26.8 Å². The lowest BCUT2D eigenvalue weighted by molar-refractivity contribution is 0.0400. The molecule has 0 amide bonds. The largest absolute Gasteiger partial charge is 0.493 e. The maximum absolute atomic E-state index is 10.3. The van der Waals surface area contributed by atoms with Crippen molar-refractivity contribution < 1.29 is 14.6 Å². The van der Waals surface area contributed by atoms with Crippen molar-refractivity contribution in [2.24, 2.45) is 11.1 Å². The van der Waals surface area contributed by atoms with Crippen molar-refractivity contribution in [3.63, 3.8) is 0 Å². The summed E-state index contributed by atoms with van der Waals surface area (Å²) in [5.74, 6) is 0.965. The Morgan fingerprint density at radius 1 is 1.21 bits per heavy atom. The minimum atomic E-state index is -0.719. The number of rotatable bonds is 4. The summed E-state index contributed by atoms with van der Waals surface area (Å²) in [6.07, 6.45) is -0.719. The van der Waals surface area contributed by atoms with Gasteiger partial charge in [0.05, 0.1) is 31.4 Å². The molecule has 0 aliphatic carbocycles. The second-order valence-electron chi connectivity index (χ2n) is 5.54. The van der Waals surface area contributed by atoms with Crippen LogP contribution >= 0.6 is 11.6 Å². The van der Waals surface area contributed by atoms with Crippen LogP contribution in [0.5, 0.6) is 11.5 Å². The summed E-state index contributed by atoms with van der Waals surface area (Å²) in [4.78, 5) is 0. The van der Waals surface area contributed by atoms with Crippen LogP contribution < -0.4 is 15.2 Å². The van der Waals surface area contributed by atoms with E-state index >= 15 is 0 Å². The first-order valence-electron chi connectivity index (χ1n) is 6.08. The molecule has 1 rings (SSSR count). The Balaban J connectivity index is 3.22. The average molecular weight is 288 g/mol. The van der Waals surface area contributed by atoms with Crippen molar-refractivity contribution in [2.75, 3.05) is 14.2 Å². The summed E-state index contributed by atoms with van der Waals surface area (Å²) in [6.45, 7) is 5.77. The Bertz CT molecular complexity index is 443. The fraction of sp³-hybridized carbons (Fsp3) is 0.571. The quantitative estimate of drug-likeness (QED) is 0.894. The molecular weight excluding hydrogens is 266 g/mol. The molecule has 4 nitrogen and oxygen atoms in total. The molecule has 0 saturated heterocycles. The van der Waals surface area contributed by atoms with Crippen molar-refractivity contribution in [1.82, 2.24) is 0 Å². The predicted octanol–water partition coefficient (Wildman–Crippen LogP) is 2.76. The van der Waals surface area contributed by atoms with Crippen molar-refractivity contribution in [1.29, 1.82) is 0 Å². The molecule has 0 fully saturated rings. The summed E-state index contributed by atoms with van der Waals surface area (Å²) >= 11 is 6.29. The van der Waals surface area contributed by atoms with E-state index in [0.717, 1.165) is 0 Å². The van der Waals surface area contributed by atoms with Gasteiger partial charge in [0, 0.05) is 0 Å². The summed E-state index contributed by atoms with van der Waals surface area (Å²) in [5.41, 5.74) is 6.41. The topological polar surface area (TPSA) is 64.7 Å². The fourth-order valence-corrected chi connectivity index (χ4v) is 2.23. The minimum absolute atomic E-state index is 0.337. The van der Waals surface area contributed by atoms with E-state index in [1.54, 1.807) is 12.1 Å². The normalized spacial score (nSPS) is 14.9. The van der Waals surface area contributed by atoms with E-state index in [1.165, 1.54) is 14.2 Å². The van der Waals surface area contributed by atoms with E-state index < -0.39 is 12.1 Å². The van der Waals surface area contributed by atoms with Gasteiger partial charge in [0.2, 0.25) is 0 Å². The van der Waals surface area contributed by atoms with Crippen LogP contribution in [0.15, 0.2) is 12.1 Å². The predicted molar refractivity (Wildman–Crippen MR) is 76.9 cm³/mol. The van der Waals surface area contributed by atoms with E-state index in [-0.39, 0.29) is 5.41 Å². The van der Waals surface area contributed by atoms with Crippen LogP contribution in [0.2, 0.25) is 5.02 Å². The number of halogens is 1. The molecule has 0 spiro atoms. The molecule has 0 radical (unpaired) electrons. The lowest BCUT2D eigenvalue weighted by atomic mass is 9.82. The highest BCUT2D eigenvalue weighted by Crippen LogP contribution is 2.41. The fourth-order valence-electron chi connectivity index (χ4n) is 1.87. The number of hydrogen-bond acceptors (Lipinski definition) is 4. The number of aliphatic hydroxyl groups is 1. The third kappa shape index (κ3) is 3.32. The molecule has 0 unspecified atom stereocenters. The van der Waals surface area contributed by atoms with Gasteiger partial charge in [-0.1, -0.05) is 38.4 Å². The van der Waals surface area contributed by atoms with Crippen molar-refractivity contribution >= 4 is 11.6 Å². The molecule has 1 aromatic carbocycles.